The monoisotopic (exact) mass is 372 g/mol. The van der Waals surface area contributed by atoms with E-state index in [1.807, 2.05) is 12.1 Å². The average molecular weight is 373 g/mol. The van der Waals surface area contributed by atoms with Crippen molar-refractivity contribution in [3.63, 3.8) is 0 Å². The fraction of sp³-hybridized carbons (Fsp3) is 0.429. The maximum absolute atomic E-state index is 6.53. The Morgan fingerprint density at radius 2 is 2.04 bits per heavy atom. The van der Waals surface area contributed by atoms with Crippen LogP contribution >= 0.6 is 23.2 Å². The van der Waals surface area contributed by atoms with Crippen molar-refractivity contribution in [3.8, 4) is 11.1 Å². The van der Waals surface area contributed by atoms with Crippen LogP contribution in [0.25, 0.3) is 11.1 Å². The number of anilines is 1. The maximum atomic E-state index is 6.53. The number of fused-ring (bicyclic) bond motifs is 3. The third-order valence-corrected chi connectivity index (χ3v) is 6.93. The van der Waals surface area contributed by atoms with Gasteiger partial charge in [0.15, 0.2) is 0 Å². The van der Waals surface area contributed by atoms with Crippen LogP contribution in [-0.4, -0.2) is 25.7 Å². The number of hydrogen-bond donors (Lipinski definition) is 1. The van der Waals surface area contributed by atoms with E-state index in [0.29, 0.717) is 22.0 Å². The Kier molecular flexibility index (Phi) is 3.96. The van der Waals surface area contributed by atoms with E-state index in [0.717, 1.165) is 25.1 Å². The summed E-state index contributed by atoms with van der Waals surface area (Å²) in [6, 6.07) is 11.3. The number of rotatable bonds is 1. The van der Waals surface area contributed by atoms with E-state index in [9.17, 15) is 0 Å². The topological polar surface area (TPSA) is 15.3 Å². The second kappa shape index (κ2) is 6.19. The fourth-order valence-electron chi connectivity index (χ4n) is 5.00. The Hall–Kier alpha value is -1.22. The minimum atomic E-state index is 0.596. The lowest BCUT2D eigenvalue weighted by Crippen LogP contribution is -2.44. The summed E-state index contributed by atoms with van der Waals surface area (Å²) in [7, 11) is 0. The quantitative estimate of drug-likeness (QED) is 0.733. The molecule has 0 bridgehead atoms. The van der Waals surface area contributed by atoms with Gasteiger partial charge in [0, 0.05) is 36.3 Å². The van der Waals surface area contributed by atoms with E-state index in [1.54, 1.807) is 0 Å². The van der Waals surface area contributed by atoms with Gasteiger partial charge in [-0.2, -0.15) is 0 Å². The van der Waals surface area contributed by atoms with E-state index >= 15 is 0 Å². The van der Waals surface area contributed by atoms with Gasteiger partial charge in [-0.05, 0) is 67.1 Å². The van der Waals surface area contributed by atoms with Crippen LogP contribution in [0.5, 0.6) is 0 Å². The molecule has 2 nitrogen and oxygen atoms in total. The van der Waals surface area contributed by atoms with Crippen LogP contribution in [0.1, 0.15) is 36.3 Å². The Bertz CT molecular complexity index is 833. The van der Waals surface area contributed by atoms with Crippen molar-refractivity contribution in [1.82, 2.24) is 5.32 Å². The smallest absolute Gasteiger partial charge is 0.0670 e. The highest BCUT2D eigenvalue weighted by molar-refractivity contribution is 6.43. The molecule has 1 saturated heterocycles. The predicted octanol–water partition coefficient (Wildman–Crippen LogP) is 5.26. The number of benzene rings is 2. The van der Waals surface area contributed by atoms with Gasteiger partial charge >= 0.3 is 0 Å². The van der Waals surface area contributed by atoms with Crippen molar-refractivity contribution in [2.24, 2.45) is 0 Å². The molecule has 0 spiro atoms. The van der Waals surface area contributed by atoms with E-state index in [4.69, 9.17) is 23.2 Å². The zero-order valence-corrected chi connectivity index (χ0v) is 15.7. The first-order valence-corrected chi connectivity index (χ1v) is 10.1. The molecule has 0 amide bonds. The van der Waals surface area contributed by atoms with Crippen LogP contribution in [0.4, 0.5) is 5.69 Å². The summed E-state index contributed by atoms with van der Waals surface area (Å²) >= 11 is 12.8. The molecule has 130 valence electrons. The van der Waals surface area contributed by atoms with E-state index in [2.05, 4.69) is 28.4 Å². The number of aryl methyl sites for hydroxylation is 1. The van der Waals surface area contributed by atoms with Crippen molar-refractivity contribution in [2.75, 3.05) is 24.5 Å². The summed E-state index contributed by atoms with van der Waals surface area (Å²) in [6.07, 6.45) is 4.97. The molecule has 2 aromatic carbocycles. The summed E-state index contributed by atoms with van der Waals surface area (Å²) in [6.45, 7) is 3.42. The molecule has 1 N–H and O–H groups in total. The summed E-state index contributed by atoms with van der Waals surface area (Å²) < 4.78 is 0. The number of nitrogens with one attached hydrogen (secondary N) is 1. The Balaban J connectivity index is 1.70. The van der Waals surface area contributed by atoms with Gasteiger partial charge in [-0.3, -0.25) is 0 Å². The van der Waals surface area contributed by atoms with Crippen LogP contribution in [0.3, 0.4) is 0 Å². The highest BCUT2D eigenvalue weighted by atomic mass is 35.5. The molecule has 3 aliphatic rings. The first-order valence-electron chi connectivity index (χ1n) is 9.32. The molecule has 25 heavy (non-hydrogen) atoms. The minimum absolute atomic E-state index is 0.596. The average Bonchev–Trinajstić information content (AvgIpc) is 2.79. The van der Waals surface area contributed by atoms with Crippen molar-refractivity contribution in [3.05, 3.63) is 51.5 Å². The summed E-state index contributed by atoms with van der Waals surface area (Å²) in [5.74, 6) is 0.596. The molecule has 4 heteroatoms. The standard InChI is InChI=1S/C21H22Cl2N2/c22-18-6-3-5-15(20(18)23)14-10-13-4-1-2-9-25-19-7-8-24-12-17(19)16(11-14)21(13)25/h3,5-6,10-11,17,19,24H,1-2,4,7-9,12H2/t17-,19-/m0/s1. The third kappa shape index (κ3) is 2.50. The molecular weight excluding hydrogens is 351 g/mol. The molecular formula is C21H22Cl2N2. The number of hydrogen-bond acceptors (Lipinski definition) is 2. The lowest BCUT2D eigenvalue weighted by Gasteiger charge is -2.33. The second-order valence-electron chi connectivity index (χ2n) is 7.49. The van der Waals surface area contributed by atoms with Gasteiger partial charge in [0.25, 0.3) is 0 Å². The Morgan fingerprint density at radius 3 is 2.96 bits per heavy atom. The van der Waals surface area contributed by atoms with Crippen LogP contribution in [0.2, 0.25) is 10.0 Å². The molecule has 3 heterocycles. The third-order valence-electron chi connectivity index (χ3n) is 6.11. The Labute approximate surface area is 159 Å². The molecule has 0 unspecified atom stereocenters. The van der Waals surface area contributed by atoms with Gasteiger partial charge in [-0.1, -0.05) is 35.3 Å². The zero-order valence-electron chi connectivity index (χ0n) is 14.2. The van der Waals surface area contributed by atoms with Gasteiger partial charge in [-0.25, -0.2) is 0 Å². The van der Waals surface area contributed by atoms with Crippen LogP contribution in [0, 0.1) is 0 Å². The lowest BCUT2D eigenvalue weighted by atomic mass is 9.87. The van der Waals surface area contributed by atoms with Crippen molar-refractivity contribution in [1.29, 1.82) is 0 Å². The van der Waals surface area contributed by atoms with E-state index in [1.165, 1.54) is 48.2 Å². The van der Waals surface area contributed by atoms with Crippen LogP contribution in [0.15, 0.2) is 30.3 Å². The first kappa shape index (κ1) is 16.0. The van der Waals surface area contributed by atoms with E-state index < -0.39 is 0 Å². The summed E-state index contributed by atoms with van der Waals surface area (Å²) in [5, 5.41) is 4.90. The molecule has 0 aromatic heterocycles. The van der Waals surface area contributed by atoms with E-state index in [-0.39, 0.29) is 0 Å². The van der Waals surface area contributed by atoms with Crippen molar-refractivity contribution < 1.29 is 0 Å². The summed E-state index contributed by atoms with van der Waals surface area (Å²) in [5.41, 5.74) is 6.81. The molecule has 2 atom stereocenters. The van der Waals surface area contributed by atoms with Crippen molar-refractivity contribution in [2.45, 2.75) is 37.6 Å². The normalized spacial score (nSPS) is 24.6. The van der Waals surface area contributed by atoms with Crippen LogP contribution < -0.4 is 10.2 Å². The fourth-order valence-corrected chi connectivity index (χ4v) is 5.41. The maximum Gasteiger partial charge on any atom is 0.0670 e. The highest BCUT2D eigenvalue weighted by Gasteiger charge is 2.41. The van der Waals surface area contributed by atoms with Gasteiger partial charge < -0.3 is 10.2 Å². The first-order chi connectivity index (χ1) is 12.2. The molecule has 3 aliphatic heterocycles. The van der Waals surface area contributed by atoms with Gasteiger partial charge in [0.1, 0.15) is 0 Å². The predicted molar refractivity (Wildman–Crippen MR) is 106 cm³/mol. The lowest BCUT2D eigenvalue weighted by molar-refractivity contribution is 0.401. The highest BCUT2D eigenvalue weighted by Crippen LogP contribution is 2.49. The number of piperidine rings is 1. The molecule has 2 aromatic rings. The second-order valence-corrected chi connectivity index (χ2v) is 8.28. The van der Waals surface area contributed by atoms with Gasteiger partial charge in [0.2, 0.25) is 0 Å². The van der Waals surface area contributed by atoms with Gasteiger partial charge in [-0.15, -0.1) is 0 Å². The number of halogens is 2. The SMILES string of the molecule is Clc1cccc(-c2cc3c4c(c2)[C@@H]2CNCC[C@@H]2N4CCCC3)c1Cl. The number of nitrogens with zero attached hydrogens (tertiary/aromatic N) is 1. The Morgan fingerprint density at radius 1 is 1.12 bits per heavy atom. The van der Waals surface area contributed by atoms with Gasteiger partial charge in [0.05, 0.1) is 10.0 Å². The molecule has 0 aliphatic carbocycles. The van der Waals surface area contributed by atoms with Crippen LogP contribution in [-0.2, 0) is 6.42 Å². The molecule has 5 rings (SSSR count). The molecule has 1 fully saturated rings. The summed E-state index contributed by atoms with van der Waals surface area (Å²) in [4.78, 5) is 2.71. The molecule has 0 radical (unpaired) electrons. The zero-order chi connectivity index (χ0) is 17.0. The minimum Gasteiger partial charge on any atom is -0.367 e. The van der Waals surface area contributed by atoms with Crippen molar-refractivity contribution >= 4 is 28.9 Å². The molecule has 0 saturated carbocycles. The largest absolute Gasteiger partial charge is 0.367 e.